The number of aromatic nitrogens is 1. The molecule has 13 heavy (non-hydrogen) atoms. The Bertz CT molecular complexity index is 384. The van der Waals surface area contributed by atoms with Gasteiger partial charge in [-0.25, -0.2) is 4.98 Å². The van der Waals surface area contributed by atoms with Gasteiger partial charge in [-0.3, -0.25) is 4.79 Å². The Kier molecular flexibility index (Phi) is 2.83. The third-order valence-electron chi connectivity index (χ3n) is 1.42. The highest BCUT2D eigenvalue weighted by Crippen LogP contribution is 2.21. The number of pyridine rings is 1. The maximum atomic E-state index is 10.8. The summed E-state index contributed by atoms with van der Waals surface area (Å²) in [5.74, 6) is 0.116. The standard InChI is InChI=1S/C8H5ClN2O2/c1-13-7-5(4-10)2-3-11-6(7)8(9)12/h2-3H,1H3. The van der Waals surface area contributed by atoms with Crippen molar-refractivity contribution < 1.29 is 9.53 Å². The maximum Gasteiger partial charge on any atom is 0.274 e. The molecule has 1 heterocycles. The molecule has 66 valence electrons. The van der Waals surface area contributed by atoms with Crippen LogP contribution in [0.2, 0.25) is 0 Å². The van der Waals surface area contributed by atoms with E-state index in [1.165, 1.54) is 19.4 Å². The monoisotopic (exact) mass is 196 g/mol. The zero-order valence-corrected chi connectivity index (χ0v) is 7.50. The summed E-state index contributed by atoms with van der Waals surface area (Å²) < 4.78 is 4.84. The van der Waals surface area contributed by atoms with Crippen LogP contribution in [0, 0.1) is 11.3 Å². The lowest BCUT2D eigenvalue weighted by atomic mass is 10.2. The molecule has 0 aliphatic rings. The van der Waals surface area contributed by atoms with E-state index in [0.29, 0.717) is 0 Å². The van der Waals surface area contributed by atoms with Crippen molar-refractivity contribution in [3.63, 3.8) is 0 Å². The number of methoxy groups -OCH3 is 1. The number of halogens is 1. The summed E-state index contributed by atoms with van der Waals surface area (Å²) in [4.78, 5) is 14.5. The van der Waals surface area contributed by atoms with Crippen LogP contribution in [0.3, 0.4) is 0 Å². The molecule has 0 spiro atoms. The minimum absolute atomic E-state index is 0.0387. The summed E-state index contributed by atoms with van der Waals surface area (Å²) >= 11 is 5.23. The van der Waals surface area contributed by atoms with Crippen molar-refractivity contribution in [2.45, 2.75) is 0 Å². The summed E-state index contributed by atoms with van der Waals surface area (Å²) in [6.45, 7) is 0. The second-order valence-electron chi connectivity index (χ2n) is 2.13. The Morgan fingerprint density at radius 2 is 2.46 bits per heavy atom. The van der Waals surface area contributed by atoms with Crippen LogP contribution < -0.4 is 4.74 Å². The maximum absolute atomic E-state index is 10.8. The number of carbonyl (C=O) groups excluding carboxylic acids is 1. The Morgan fingerprint density at radius 3 is 2.92 bits per heavy atom. The lowest BCUT2D eigenvalue weighted by Gasteiger charge is -2.04. The molecular formula is C8H5ClN2O2. The number of rotatable bonds is 2. The van der Waals surface area contributed by atoms with Crippen LogP contribution in [-0.4, -0.2) is 17.3 Å². The summed E-state index contributed by atoms with van der Waals surface area (Å²) in [5.41, 5.74) is 0.199. The molecule has 0 atom stereocenters. The van der Waals surface area contributed by atoms with Gasteiger partial charge in [0.2, 0.25) is 0 Å². The van der Waals surface area contributed by atoms with E-state index in [-0.39, 0.29) is 17.0 Å². The van der Waals surface area contributed by atoms with Gasteiger partial charge in [0.05, 0.1) is 12.7 Å². The fraction of sp³-hybridized carbons (Fsp3) is 0.125. The van der Waals surface area contributed by atoms with Gasteiger partial charge >= 0.3 is 0 Å². The number of hydrogen-bond donors (Lipinski definition) is 0. The van der Waals surface area contributed by atoms with Gasteiger partial charge in [0.1, 0.15) is 6.07 Å². The first-order valence-corrected chi connectivity index (χ1v) is 3.71. The molecule has 4 nitrogen and oxygen atoms in total. The van der Waals surface area contributed by atoms with E-state index >= 15 is 0 Å². The molecule has 0 amide bonds. The van der Waals surface area contributed by atoms with Crippen LogP contribution in [0.15, 0.2) is 12.3 Å². The smallest absolute Gasteiger partial charge is 0.274 e. The predicted molar refractivity (Wildman–Crippen MR) is 45.7 cm³/mol. The fourth-order valence-corrected chi connectivity index (χ4v) is 1.02. The molecule has 0 N–H and O–H groups in total. The number of hydrogen-bond acceptors (Lipinski definition) is 4. The second-order valence-corrected chi connectivity index (χ2v) is 2.47. The number of nitrogens with zero attached hydrogens (tertiary/aromatic N) is 2. The first kappa shape index (κ1) is 9.49. The summed E-state index contributed by atoms with van der Waals surface area (Å²) in [6.07, 6.45) is 1.33. The first-order valence-electron chi connectivity index (χ1n) is 3.33. The normalized spacial score (nSPS) is 9.00. The quantitative estimate of drug-likeness (QED) is 0.670. The van der Waals surface area contributed by atoms with Crippen molar-refractivity contribution >= 4 is 16.8 Å². The third-order valence-corrected chi connectivity index (χ3v) is 1.59. The molecule has 1 rings (SSSR count). The third kappa shape index (κ3) is 1.76. The Balaban J connectivity index is 3.38. The lowest BCUT2D eigenvalue weighted by Crippen LogP contribution is -2.00. The fourth-order valence-electron chi connectivity index (χ4n) is 0.883. The highest BCUT2D eigenvalue weighted by Gasteiger charge is 2.14. The Morgan fingerprint density at radius 1 is 1.77 bits per heavy atom. The average molecular weight is 197 g/mol. The van der Waals surface area contributed by atoms with Crippen molar-refractivity contribution in [3.8, 4) is 11.8 Å². The topological polar surface area (TPSA) is 63.0 Å². The SMILES string of the molecule is COc1c(C#N)ccnc1C(=O)Cl. The zero-order valence-electron chi connectivity index (χ0n) is 6.74. The van der Waals surface area contributed by atoms with E-state index in [1.54, 1.807) is 0 Å². The molecule has 5 heteroatoms. The molecule has 0 bridgehead atoms. The molecule has 0 saturated heterocycles. The van der Waals surface area contributed by atoms with E-state index in [9.17, 15) is 4.79 Å². The average Bonchev–Trinajstić information content (AvgIpc) is 2.16. The summed E-state index contributed by atoms with van der Waals surface area (Å²) in [6, 6.07) is 3.31. The number of nitriles is 1. The molecule has 0 unspecified atom stereocenters. The van der Waals surface area contributed by atoms with E-state index in [2.05, 4.69) is 4.98 Å². The van der Waals surface area contributed by atoms with Gasteiger partial charge in [0.25, 0.3) is 5.24 Å². The zero-order chi connectivity index (χ0) is 9.84. The molecule has 0 radical (unpaired) electrons. The molecule has 0 aliphatic heterocycles. The Labute approximate surface area is 79.7 Å². The minimum atomic E-state index is -0.742. The number of ether oxygens (including phenoxy) is 1. The molecule has 0 fully saturated rings. The van der Waals surface area contributed by atoms with Crippen molar-refractivity contribution in [2.24, 2.45) is 0 Å². The predicted octanol–water partition coefficient (Wildman–Crippen LogP) is 1.34. The molecular weight excluding hydrogens is 192 g/mol. The van der Waals surface area contributed by atoms with Crippen LogP contribution in [0.4, 0.5) is 0 Å². The molecule has 1 aromatic rings. The summed E-state index contributed by atoms with van der Waals surface area (Å²) in [5, 5.41) is 7.90. The molecule has 0 aromatic carbocycles. The highest BCUT2D eigenvalue weighted by atomic mass is 35.5. The van der Waals surface area contributed by atoms with E-state index in [0.717, 1.165) is 0 Å². The van der Waals surface area contributed by atoms with Gasteiger partial charge < -0.3 is 4.74 Å². The lowest BCUT2D eigenvalue weighted by molar-refractivity contribution is 0.107. The van der Waals surface area contributed by atoms with Gasteiger partial charge in [0, 0.05) is 6.20 Å². The van der Waals surface area contributed by atoms with Gasteiger partial charge in [0.15, 0.2) is 11.4 Å². The number of carbonyl (C=O) groups is 1. The van der Waals surface area contributed by atoms with Crippen molar-refractivity contribution in [3.05, 3.63) is 23.5 Å². The van der Waals surface area contributed by atoms with E-state index in [4.69, 9.17) is 21.6 Å². The van der Waals surface area contributed by atoms with Gasteiger partial charge in [-0.2, -0.15) is 5.26 Å². The molecule has 0 saturated carbocycles. The second kappa shape index (κ2) is 3.87. The van der Waals surface area contributed by atoms with Crippen molar-refractivity contribution in [2.75, 3.05) is 7.11 Å². The molecule has 0 aliphatic carbocycles. The van der Waals surface area contributed by atoms with E-state index < -0.39 is 5.24 Å². The van der Waals surface area contributed by atoms with Crippen LogP contribution in [0.25, 0.3) is 0 Å². The van der Waals surface area contributed by atoms with Crippen molar-refractivity contribution in [1.29, 1.82) is 5.26 Å². The van der Waals surface area contributed by atoms with Gasteiger partial charge in [-0.15, -0.1) is 0 Å². The van der Waals surface area contributed by atoms with E-state index in [1.807, 2.05) is 6.07 Å². The van der Waals surface area contributed by atoms with Crippen molar-refractivity contribution in [1.82, 2.24) is 4.98 Å². The van der Waals surface area contributed by atoms with Crippen LogP contribution in [0.1, 0.15) is 16.1 Å². The van der Waals surface area contributed by atoms with Crippen LogP contribution in [-0.2, 0) is 0 Å². The Hall–Kier alpha value is -1.60. The summed E-state index contributed by atoms with van der Waals surface area (Å²) in [7, 11) is 1.35. The first-order chi connectivity index (χ1) is 6.20. The largest absolute Gasteiger partial charge is 0.493 e. The highest BCUT2D eigenvalue weighted by molar-refractivity contribution is 6.67. The van der Waals surface area contributed by atoms with Gasteiger partial charge in [-0.1, -0.05) is 0 Å². The van der Waals surface area contributed by atoms with Gasteiger partial charge in [-0.05, 0) is 17.7 Å². The minimum Gasteiger partial charge on any atom is -0.493 e. The molecule has 1 aromatic heterocycles. The van der Waals surface area contributed by atoms with Crippen LogP contribution in [0.5, 0.6) is 5.75 Å². The van der Waals surface area contributed by atoms with Crippen LogP contribution >= 0.6 is 11.6 Å².